The van der Waals surface area contributed by atoms with Crippen LogP contribution in [0.25, 0.3) is 0 Å². The van der Waals surface area contributed by atoms with Gasteiger partial charge >= 0.3 is 7.12 Å². The van der Waals surface area contributed by atoms with Gasteiger partial charge in [0.1, 0.15) is 0 Å². The topological polar surface area (TPSA) is 56.6 Å². The summed E-state index contributed by atoms with van der Waals surface area (Å²) in [6, 6.07) is 11.4. The molecule has 1 aromatic carbocycles. The first-order valence-corrected chi connectivity index (χ1v) is 6.75. The summed E-state index contributed by atoms with van der Waals surface area (Å²) in [4.78, 5) is 6.31. The van der Waals surface area contributed by atoms with Crippen LogP contribution in [-0.4, -0.2) is 33.6 Å². The lowest BCUT2D eigenvalue weighted by atomic mass is 9.79. The minimum Gasteiger partial charge on any atom is -0.423 e. The zero-order valence-electron chi connectivity index (χ0n) is 11.6. The minimum atomic E-state index is -1.41. The SMILES string of the molecule is CCN(Cc1ccncc1)Cc1cccc(B(O)O)c1. The van der Waals surface area contributed by atoms with E-state index in [1.54, 1.807) is 18.5 Å². The monoisotopic (exact) mass is 270 g/mol. The quantitative estimate of drug-likeness (QED) is 0.762. The van der Waals surface area contributed by atoms with E-state index in [2.05, 4.69) is 16.8 Å². The van der Waals surface area contributed by atoms with Gasteiger partial charge in [0.2, 0.25) is 0 Å². The molecule has 0 aliphatic heterocycles. The standard InChI is InChI=1S/C15H19BN2O2/c1-2-18(11-13-6-8-17-9-7-13)12-14-4-3-5-15(10-14)16(19)20/h3-10,19-20H,2,11-12H2,1H3. The molecule has 2 rings (SSSR count). The number of nitrogens with zero attached hydrogens (tertiary/aromatic N) is 2. The highest BCUT2D eigenvalue weighted by Crippen LogP contribution is 2.08. The highest BCUT2D eigenvalue weighted by Gasteiger charge is 2.12. The summed E-state index contributed by atoms with van der Waals surface area (Å²) in [6.07, 6.45) is 3.60. The molecular formula is C15H19BN2O2. The van der Waals surface area contributed by atoms with Gasteiger partial charge in [0.25, 0.3) is 0 Å². The summed E-state index contributed by atoms with van der Waals surface area (Å²) in [6.45, 7) is 4.67. The molecule has 1 aromatic heterocycles. The highest BCUT2D eigenvalue weighted by atomic mass is 16.4. The van der Waals surface area contributed by atoms with Gasteiger partial charge in [-0.2, -0.15) is 0 Å². The maximum absolute atomic E-state index is 9.21. The molecule has 0 amide bonds. The second kappa shape index (κ2) is 7.19. The maximum Gasteiger partial charge on any atom is 0.488 e. The summed E-state index contributed by atoms with van der Waals surface area (Å²) in [5.41, 5.74) is 2.83. The average molecular weight is 270 g/mol. The van der Waals surface area contributed by atoms with E-state index in [9.17, 15) is 10.0 Å². The van der Waals surface area contributed by atoms with Gasteiger partial charge in [-0.05, 0) is 35.3 Å². The van der Waals surface area contributed by atoms with E-state index in [0.717, 1.165) is 25.2 Å². The number of aromatic nitrogens is 1. The van der Waals surface area contributed by atoms with E-state index in [-0.39, 0.29) is 0 Å². The van der Waals surface area contributed by atoms with E-state index in [1.807, 2.05) is 30.3 Å². The fourth-order valence-corrected chi connectivity index (χ4v) is 2.14. The lowest BCUT2D eigenvalue weighted by Crippen LogP contribution is -2.30. The van der Waals surface area contributed by atoms with Crippen molar-refractivity contribution in [2.45, 2.75) is 20.0 Å². The molecule has 0 fully saturated rings. The molecule has 2 N–H and O–H groups in total. The molecule has 0 bridgehead atoms. The molecular weight excluding hydrogens is 251 g/mol. The van der Waals surface area contributed by atoms with Gasteiger partial charge in [-0.15, -0.1) is 0 Å². The Morgan fingerprint density at radius 3 is 2.40 bits per heavy atom. The predicted octanol–water partition coefficient (Wildman–Crippen LogP) is 0.783. The fourth-order valence-electron chi connectivity index (χ4n) is 2.14. The largest absolute Gasteiger partial charge is 0.488 e. The summed E-state index contributed by atoms with van der Waals surface area (Å²) < 4.78 is 0. The number of pyridine rings is 1. The Morgan fingerprint density at radius 1 is 1.05 bits per heavy atom. The molecule has 104 valence electrons. The van der Waals surface area contributed by atoms with Crippen molar-refractivity contribution in [2.75, 3.05) is 6.54 Å². The molecule has 5 heteroatoms. The Balaban J connectivity index is 2.04. The van der Waals surface area contributed by atoms with Gasteiger partial charge < -0.3 is 10.0 Å². The van der Waals surface area contributed by atoms with E-state index in [1.165, 1.54) is 5.56 Å². The molecule has 0 aliphatic rings. The molecule has 0 atom stereocenters. The average Bonchev–Trinajstić information content (AvgIpc) is 2.48. The first-order valence-electron chi connectivity index (χ1n) is 6.75. The van der Waals surface area contributed by atoms with Crippen molar-refractivity contribution in [3.05, 3.63) is 59.9 Å². The molecule has 4 nitrogen and oxygen atoms in total. The normalized spacial score (nSPS) is 10.8. The van der Waals surface area contributed by atoms with Crippen LogP contribution in [0, 0.1) is 0 Å². The minimum absolute atomic E-state index is 0.530. The summed E-state index contributed by atoms with van der Waals surface area (Å²) in [5.74, 6) is 0. The van der Waals surface area contributed by atoms with E-state index in [0.29, 0.717) is 5.46 Å². The van der Waals surface area contributed by atoms with Crippen molar-refractivity contribution in [1.29, 1.82) is 0 Å². The molecule has 0 saturated heterocycles. The van der Waals surface area contributed by atoms with Crippen LogP contribution in [-0.2, 0) is 13.1 Å². The van der Waals surface area contributed by atoms with Crippen molar-refractivity contribution in [3.8, 4) is 0 Å². The first kappa shape index (κ1) is 14.7. The molecule has 0 saturated carbocycles. The molecule has 0 unspecified atom stereocenters. The van der Waals surface area contributed by atoms with Gasteiger partial charge in [-0.3, -0.25) is 9.88 Å². The predicted molar refractivity (Wildman–Crippen MR) is 80.3 cm³/mol. The Hall–Kier alpha value is -1.69. The maximum atomic E-state index is 9.21. The summed E-state index contributed by atoms with van der Waals surface area (Å²) in [7, 11) is -1.41. The number of rotatable bonds is 6. The third-order valence-electron chi connectivity index (χ3n) is 3.26. The third-order valence-corrected chi connectivity index (χ3v) is 3.26. The molecule has 0 aliphatic carbocycles. The van der Waals surface area contributed by atoms with Crippen LogP contribution >= 0.6 is 0 Å². The number of benzene rings is 1. The van der Waals surface area contributed by atoms with Gasteiger partial charge in [0.05, 0.1) is 0 Å². The Morgan fingerprint density at radius 2 is 1.75 bits per heavy atom. The van der Waals surface area contributed by atoms with Crippen LogP contribution in [0.2, 0.25) is 0 Å². The van der Waals surface area contributed by atoms with Crippen LogP contribution in [0.1, 0.15) is 18.1 Å². The van der Waals surface area contributed by atoms with E-state index in [4.69, 9.17) is 0 Å². The lowest BCUT2D eigenvalue weighted by Gasteiger charge is -2.20. The van der Waals surface area contributed by atoms with E-state index < -0.39 is 7.12 Å². The van der Waals surface area contributed by atoms with Gasteiger partial charge in [0.15, 0.2) is 0 Å². The van der Waals surface area contributed by atoms with Crippen molar-refractivity contribution in [3.63, 3.8) is 0 Å². The summed E-state index contributed by atoms with van der Waals surface area (Å²) >= 11 is 0. The molecule has 1 heterocycles. The van der Waals surface area contributed by atoms with Crippen LogP contribution < -0.4 is 5.46 Å². The third kappa shape index (κ3) is 4.16. The van der Waals surface area contributed by atoms with Gasteiger partial charge in [-0.1, -0.05) is 31.2 Å². The molecule has 0 radical (unpaired) electrons. The van der Waals surface area contributed by atoms with Crippen LogP contribution in [0.3, 0.4) is 0 Å². The van der Waals surface area contributed by atoms with E-state index >= 15 is 0 Å². The first-order chi connectivity index (χ1) is 9.69. The zero-order chi connectivity index (χ0) is 14.4. The zero-order valence-corrected chi connectivity index (χ0v) is 11.6. The Kier molecular flexibility index (Phi) is 5.29. The van der Waals surface area contributed by atoms with Crippen LogP contribution in [0.5, 0.6) is 0 Å². The molecule has 20 heavy (non-hydrogen) atoms. The highest BCUT2D eigenvalue weighted by molar-refractivity contribution is 6.58. The molecule has 2 aromatic rings. The van der Waals surface area contributed by atoms with Crippen molar-refractivity contribution in [2.24, 2.45) is 0 Å². The second-order valence-corrected chi connectivity index (χ2v) is 4.78. The van der Waals surface area contributed by atoms with Gasteiger partial charge in [-0.25, -0.2) is 0 Å². The Labute approximate surface area is 119 Å². The van der Waals surface area contributed by atoms with Crippen molar-refractivity contribution < 1.29 is 10.0 Å². The lowest BCUT2D eigenvalue weighted by molar-refractivity contribution is 0.271. The number of hydrogen-bond acceptors (Lipinski definition) is 4. The Bertz CT molecular complexity index is 534. The van der Waals surface area contributed by atoms with Crippen molar-refractivity contribution >= 4 is 12.6 Å². The van der Waals surface area contributed by atoms with Gasteiger partial charge in [0, 0.05) is 25.5 Å². The smallest absolute Gasteiger partial charge is 0.423 e. The van der Waals surface area contributed by atoms with Crippen LogP contribution in [0.15, 0.2) is 48.8 Å². The fraction of sp³-hybridized carbons (Fsp3) is 0.267. The van der Waals surface area contributed by atoms with Crippen molar-refractivity contribution in [1.82, 2.24) is 9.88 Å². The second-order valence-electron chi connectivity index (χ2n) is 4.78. The molecule has 0 spiro atoms. The van der Waals surface area contributed by atoms with Crippen LogP contribution in [0.4, 0.5) is 0 Å². The summed E-state index contributed by atoms with van der Waals surface area (Å²) in [5, 5.41) is 18.4. The number of hydrogen-bond donors (Lipinski definition) is 2.